The molecule has 0 heterocycles. The van der Waals surface area contributed by atoms with E-state index in [2.05, 4.69) is 20.8 Å². The normalized spacial score (nSPS) is 12.3. The molecule has 0 rings (SSSR count). The van der Waals surface area contributed by atoms with Gasteiger partial charge < -0.3 is 18.3 Å². The van der Waals surface area contributed by atoms with Crippen molar-refractivity contribution in [3.8, 4) is 0 Å². The molecule has 0 amide bonds. The number of hydrogen-bond donors (Lipinski definition) is 0. The predicted molar refractivity (Wildman–Crippen MR) is 81.0 cm³/mol. The van der Waals surface area contributed by atoms with Crippen LogP contribution in [0.15, 0.2) is 0 Å². The third-order valence-corrected chi connectivity index (χ3v) is 6.62. The molecular formula is C14H32O4Si. The molecule has 116 valence electrons. The molecule has 0 saturated carbocycles. The standard InChI is InChI=1S/C14H32O4Si/c1-6-14(5,7-2)19(17-12-10-15-8-3)18-13-11-16-9-4/h19H,6-13H2,1-5H3. The van der Waals surface area contributed by atoms with E-state index >= 15 is 0 Å². The zero-order valence-corrected chi connectivity index (χ0v) is 14.5. The lowest BCUT2D eigenvalue weighted by atomic mass is 10.1. The maximum Gasteiger partial charge on any atom is 0.327 e. The summed E-state index contributed by atoms with van der Waals surface area (Å²) in [7, 11) is -1.71. The summed E-state index contributed by atoms with van der Waals surface area (Å²) in [5.41, 5.74) is 0. The Hall–Kier alpha value is 0.0569. The average Bonchev–Trinajstić information content (AvgIpc) is 2.44. The molecule has 0 fully saturated rings. The van der Waals surface area contributed by atoms with Crippen LogP contribution in [0.25, 0.3) is 0 Å². The van der Waals surface area contributed by atoms with Crippen molar-refractivity contribution in [2.75, 3.05) is 39.6 Å². The quantitative estimate of drug-likeness (QED) is 0.386. The molecule has 0 aliphatic heterocycles. The van der Waals surface area contributed by atoms with Gasteiger partial charge in [0.2, 0.25) is 0 Å². The fourth-order valence-corrected chi connectivity index (χ4v) is 3.94. The Morgan fingerprint density at radius 3 is 1.47 bits per heavy atom. The van der Waals surface area contributed by atoms with Crippen LogP contribution in [0, 0.1) is 0 Å². The molecule has 4 nitrogen and oxygen atoms in total. The third-order valence-electron chi connectivity index (χ3n) is 3.59. The Morgan fingerprint density at radius 1 is 0.737 bits per heavy atom. The first-order chi connectivity index (χ1) is 9.14. The number of ether oxygens (including phenoxy) is 2. The van der Waals surface area contributed by atoms with Crippen molar-refractivity contribution in [3.05, 3.63) is 0 Å². The van der Waals surface area contributed by atoms with E-state index in [1.807, 2.05) is 13.8 Å². The van der Waals surface area contributed by atoms with E-state index in [9.17, 15) is 0 Å². The minimum Gasteiger partial charge on any atom is -0.394 e. The number of rotatable bonds is 13. The van der Waals surface area contributed by atoms with E-state index < -0.39 is 9.28 Å². The van der Waals surface area contributed by atoms with Crippen molar-refractivity contribution in [2.24, 2.45) is 0 Å². The summed E-state index contributed by atoms with van der Waals surface area (Å²) < 4.78 is 22.7. The van der Waals surface area contributed by atoms with Crippen LogP contribution in [0.5, 0.6) is 0 Å². The van der Waals surface area contributed by atoms with Crippen molar-refractivity contribution >= 4 is 9.28 Å². The summed E-state index contributed by atoms with van der Waals surface area (Å²) in [5.74, 6) is 0. The first kappa shape index (κ1) is 19.1. The fourth-order valence-electron chi connectivity index (χ4n) is 1.75. The van der Waals surface area contributed by atoms with Gasteiger partial charge in [-0.15, -0.1) is 0 Å². The van der Waals surface area contributed by atoms with Crippen molar-refractivity contribution in [2.45, 2.75) is 52.5 Å². The van der Waals surface area contributed by atoms with E-state index in [4.69, 9.17) is 18.3 Å². The van der Waals surface area contributed by atoms with Gasteiger partial charge in [-0.25, -0.2) is 0 Å². The van der Waals surface area contributed by atoms with Crippen LogP contribution >= 0.6 is 0 Å². The van der Waals surface area contributed by atoms with Gasteiger partial charge in [-0.2, -0.15) is 0 Å². The van der Waals surface area contributed by atoms with E-state index in [1.165, 1.54) is 0 Å². The van der Waals surface area contributed by atoms with E-state index in [1.54, 1.807) is 0 Å². The van der Waals surface area contributed by atoms with Crippen LogP contribution < -0.4 is 0 Å². The summed E-state index contributed by atoms with van der Waals surface area (Å²) in [6.07, 6.45) is 2.17. The highest BCUT2D eigenvalue weighted by atomic mass is 28.3. The molecule has 0 aliphatic carbocycles. The Bertz CT molecular complexity index is 186. The second-order valence-electron chi connectivity index (χ2n) is 4.83. The first-order valence-electron chi connectivity index (χ1n) is 7.53. The van der Waals surface area contributed by atoms with Crippen LogP contribution in [0.4, 0.5) is 0 Å². The van der Waals surface area contributed by atoms with Crippen molar-refractivity contribution < 1.29 is 18.3 Å². The smallest absolute Gasteiger partial charge is 0.327 e. The molecule has 0 bridgehead atoms. The Balaban J connectivity index is 4.21. The molecule has 0 aromatic carbocycles. The fraction of sp³-hybridized carbons (Fsp3) is 1.00. The summed E-state index contributed by atoms with van der Waals surface area (Å²) in [4.78, 5) is 0. The van der Waals surface area contributed by atoms with Crippen LogP contribution in [-0.2, 0) is 18.3 Å². The molecule has 0 N–H and O–H groups in total. The lowest BCUT2D eigenvalue weighted by molar-refractivity contribution is 0.0672. The van der Waals surface area contributed by atoms with Gasteiger partial charge in [0, 0.05) is 18.3 Å². The van der Waals surface area contributed by atoms with Crippen molar-refractivity contribution in [1.82, 2.24) is 0 Å². The Labute approximate surface area is 120 Å². The molecule has 0 aromatic heterocycles. The van der Waals surface area contributed by atoms with Gasteiger partial charge in [-0.1, -0.05) is 20.8 Å². The lowest BCUT2D eigenvalue weighted by Crippen LogP contribution is -2.38. The minimum atomic E-state index is -1.71. The second kappa shape index (κ2) is 11.8. The highest BCUT2D eigenvalue weighted by Crippen LogP contribution is 2.37. The molecule has 0 atom stereocenters. The zero-order chi connectivity index (χ0) is 14.6. The third kappa shape index (κ3) is 8.04. The van der Waals surface area contributed by atoms with Crippen LogP contribution in [-0.4, -0.2) is 48.9 Å². The largest absolute Gasteiger partial charge is 0.394 e. The van der Waals surface area contributed by atoms with E-state index in [-0.39, 0.29) is 5.04 Å². The van der Waals surface area contributed by atoms with Crippen LogP contribution in [0.2, 0.25) is 5.04 Å². The molecule has 0 radical (unpaired) electrons. The summed E-state index contributed by atoms with van der Waals surface area (Å²) in [6, 6.07) is 0. The summed E-state index contributed by atoms with van der Waals surface area (Å²) in [5, 5.41) is 0.179. The Morgan fingerprint density at radius 2 is 1.16 bits per heavy atom. The maximum atomic E-state index is 6.01. The minimum absolute atomic E-state index is 0.179. The van der Waals surface area contributed by atoms with Gasteiger partial charge in [-0.3, -0.25) is 0 Å². The molecule has 0 spiro atoms. The molecule has 0 aromatic rings. The highest BCUT2D eigenvalue weighted by molar-refractivity contribution is 6.48. The predicted octanol–water partition coefficient (Wildman–Crippen LogP) is 2.89. The van der Waals surface area contributed by atoms with Gasteiger partial charge in [0.25, 0.3) is 0 Å². The van der Waals surface area contributed by atoms with E-state index in [0.29, 0.717) is 26.4 Å². The van der Waals surface area contributed by atoms with Gasteiger partial charge in [0.15, 0.2) is 0 Å². The topological polar surface area (TPSA) is 36.9 Å². The monoisotopic (exact) mass is 292 g/mol. The van der Waals surface area contributed by atoms with Gasteiger partial charge in [0.1, 0.15) is 0 Å². The second-order valence-corrected chi connectivity index (χ2v) is 7.55. The molecule has 0 unspecified atom stereocenters. The van der Waals surface area contributed by atoms with Gasteiger partial charge >= 0.3 is 9.28 Å². The Kier molecular flexibility index (Phi) is 11.9. The molecule has 5 heteroatoms. The van der Waals surface area contributed by atoms with E-state index in [0.717, 1.165) is 26.1 Å². The van der Waals surface area contributed by atoms with Crippen LogP contribution in [0.3, 0.4) is 0 Å². The van der Waals surface area contributed by atoms with Gasteiger partial charge in [0.05, 0.1) is 26.4 Å². The van der Waals surface area contributed by atoms with Crippen molar-refractivity contribution in [1.29, 1.82) is 0 Å². The first-order valence-corrected chi connectivity index (χ1v) is 9.05. The molecule has 0 aliphatic rings. The summed E-state index contributed by atoms with van der Waals surface area (Å²) >= 11 is 0. The SMILES string of the molecule is CCOCCO[SiH](OCCOCC)C(C)(CC)CC. The number of hydrogen-bond acceptors (Lipinski definition) is 4. The molecule has 0 saturated heterocycles. The summed E-state index contributed by atoms with van der Waals surface area (Å²) in [6.45, 7) is 14.7. The lowest BCUT2D eigenvalue weighted by Gasteiger charge is -2.33. The maximum absolute atomic E-state index is 6.01. The molecule has 19 heavy (non-hydrogen) atoms. The van der Waals surface area contributed by atoms with Crippen LogP contribution in [0.1, 0.15) is 47.5 Å². The van der Waals surface area contributed by atoms with Gasteiger partial charge in [-0.05, 0) is 26.7 Å². The highest BCUT2D eigenvalue weighted by Gasteiger charge is 2.35. The zero-order valence-electron chi connectivity index (χ0n) is 13.4. The average molecular weight is 292 g/mol. The molecular weight excluding hydrogens is 260 g/mol. The van der Waals surface area contributed by atoms with Crippen molar-refractivity contribution in [3.63, 3.8) is 0 Å².